The van der Waals surface area contributed by atoms with Gasteiger partial charge < -0.3 is 5.32 Å². The zero-order valence-corrected chi connectivity index (χ0v) is 14.6. The third-order valence-electron chi connectivity index (χ3n) is 4.09. The Labute approximate surface area is 139 Å². The molecular formula is C18H19BrClN. The minimum absolute atomic E-state index is 0.362. The van der Waals surface area contributed by atoms with Crippen LogP contribution in [-0.2, 0) is 0 Å². The average Bonchev–Trinajstić information content (AvgIpc) is 3.27. The summed E-state index contributed by atoms with van der Waals surface area (Å²) >= 11 is 9.91. The summed E-state index contributed by atoms with van der Waals surface area (Å²) in [6, 6.07) is 13.3. The minimum atomic E-state index is 0.362. The van der Waals surface area contributed by atoms with Crippen LogP contribution in [0.5, 0.6) is 0 Å². The van der Waals surface area contributed by atoms with E-state index in [1.54, 1.807) is 0 Å². The maximum Gasteiger partial charge on any atom is 0.0542 e. The quantitative estimate of drug-likeness (QED) is 0.673. The molecule has 1 fully saturated rings. The number of rotatable bonds is 4. The topological polar surface area (TPSA) is 12.0 Å². The molecule has 3 heteroatoms. The van der Waals surface area contributed by atoms with Gasteiger partial charge in [0, 0.05) is 9.50 Å². The molecule has 1 nitrogen and oxygen atoms in total. The maximum atomic E-state index is 6.27. The molecule has 1 aliphatic rings. The van der Waals surface area contributed by atoms with Crippen molar-refractivity contribution in [3.63, 3.8) is 0 Å². The Morgan fingerprint density at radius 2 is 1.81 bits per heavy atom. The van der Waals surface area contributed by atoms with Gasteiger partial charge in [-0.2, -0.15) is 0 Å². The summed E-state index contributed by atoms with van der Waals surface area (Å²) in [5.41, 5.74) is 4.81. The van der Waals surface area contributed by atoms with E-state index in [9.17, 15) is 0 Å². The van der Waals surface area contributed by atoms with Crippen molar-refractivity contribution >= 4 is 33.2 Å². The largest absolute Gasteiger partial charge is 0.377 e. The molecule has 0 bridgehead atoms. The first-order valence-electron chi connectivity index (χ1n) is 7.33. The van der Waals surface area contributed by atoms with E-state index in [-0.39, 0.29) is 0 Å². The molecule has 0 aliphatic heterocycles. The lowest BCUT2D eigenvalue weighted by Gasteiger charge is -2.22. The van der Waals surface area contributed by atoms with Gasteiger partial charge in [0.2, 0.25) is 0 Å². The van der Waals surface area contributed by atoms with Gasteiger partial charge in [0.1, 0.15) is 0 Å². The Hall–Kier alpha value is -0.990. The lowest BCUT2D eigenvalue weighted by molar-refractivity contribution is 0.678. The van der Waals surface area contributed by atoms with Crippen molar-refractivity contribution in [1.29, 1.82) is 0 Å². The molecule has 1 atom stereocenters. The highest BCUT2D eigenvalue weighted by Gasteiger charge is 2.32. The van der Waals surface area contributed by atoms with Crippen molar-refractivity contribution in [2.75, 3.05) is 5.32 Å². The van der Waals surface area contributed by atoms with Crippen LogP contribution in [0.4, 0.5) is 5.69 Å². The second-order valence-electron chi connectivity index (χ2n) is 5.95. The molecule has 2 aromatic rings. The van der Waals surface area contributed by atoms with Gasteiger partial charge in [0.15, 0.2) is 0 Å². The van der Waals surface area contributed by atoms with Gasteiger partial charge in [-0.05, 0) is 71.8 Å². The molecule has 0 amide bonds. The smallest absolute Gasteiger partial charge is 0.0542 e. The summed E-state index contributed by atoms with van der Waals surface area (Å²) in [4.78, 5) is 0. The molecule has 110 valence electrons. The molecule has 1 aliphatic carbocycles. The molecule has 0 radical (unpaired) electrons. The molecule has 0 spiro atoms. The van der Waals surface area contributed by atoms with Gasteiger partial charge in [-0.3, -0.25) is 0 Å². The Morgan fingerprint density at radius 1 is 1.14 bits per heavy atom. The van der Waals surface area contributed by atoms with Gasteiger partial charge in [0.05, 0.1) is 11.7 Å². The minimum Gasteiger partial charge on any atom is -0.377 e. The first kappa shape index (κ1) is 14.9. The number of halogens is 2. The first-order valence-corrected chi connectivity index (χ1v) is 8.50. The lowest BCUT2D eigenvalue weighted by Crippen LogP contribution is -2.13. The van der Waals surface area contributed by atoms with Gasteiger partial charge >= 0.3 is 0 Å². The van der Waals surface area contributed by atoms with Crippen LogP contribution in [0.2, 0.25) is 5.02 Å². The van der Waals surface area contributed by atoms with E-state index in [1.807, 2.05) is 13.0 Å². The first-order chi connectivity index (χ1) is 10.0. The highest BCUT2D eigenvalue weighted by atomic mass is 79.9. The number of aryl methyl sites for hydroxylation is 2. The maximum absolute atomic E-state index is 6.27. The molecule has 1 saturated carbocycles. The van der Waals surface area contributed by atoms with Crippen molar-refractivity contribution in [2.24, 2.45) is 5.92 Å². The molecule has 0 aromatic heterocycles. The van der Waals surface area contributed by atoms with Crippen LogP contribution in [0.15, 0.2) is 40.9 Å². The van der Waals surface area contributed by atoms with E-state index in [1.165, 1.54) is 24.0 Å². The molecule has 3 rings (SSSR count). The van der Waals surface area contributed by atoms with Gasteiger partial charge in [-0.25, -0.2) is 0 Å². The van der Waals surface area contributed by atoms with Crippen molar-refractivity contribution in [3.8, 4) is 0 Å². The summed E-state index contributed by atoms with van der Waals surface area (Å²) in [5.74, 6) is 0.722. The van der Waals surface area contributed by atoms with E-state index in [0.29, 0.717) is 6.04 Å². The zero-order valence-electron chi connectivity index (χ0n) is 12.3. The second-order valence-corrected chi connectivity index (χ2v) is 7.21. The number of nitrogens with one attached hydrogen (secondary N) is 1. The van der Waals surface area contributed by atoms with Crippen LogP contribution >= 0.6 is 27.5 Å². The van der Waals surface area contributed by atoms with Crippen molar-refractivity contribution in [1.82, 2.24) is 0 Å². The number of hydrogen-bond donors (Lipinski definition) is 1. The van der Waals surface area contributed by atoms with Crippen LogP contribution < -0.4 is 5.32 Å². The monoisotopic (exact) mass is 363 g/mol. The van der Waals surface area contributed by atoms with Crippen molar-refractivity contribution < 1.29 is 0 Å². The molecule has 1 unspecified atom stereocenters. The van der Waals surface area contributed by atoms with Gasteiger partial charge in [-0.1, -0.05) is 41.4 Å². The van der Waals surface area contributed by atoms with E-state index < -0.39 is 0 Å². The van der Waals surface area contributed by atoms with Crippen LogP contribution in [0.3, 0.4) is 0 Å². The fourth-order valence-electron chi connectivity index (χ4n) is 2.60. The number of anilines is 1. The predicted octanol–water partition coefficient (Wildman–Crippen LogP) is 6.28. The van der Waals surface area contributed by atoms with E-state index in [2.05, 4.69) is 58.5 Å². The fraction of sp³-hybridized carbons (Fsp3) is 0.333. The van der Waals surface area contributed by atoms with Gasteiger partial charge in [-0.15, -0.1) is 0 Å². The molecule has 1 N–H and O–H groups in total. The SMILES string of the molecule is Cc1ccc(C(Nc2cc(Cl)c(C)cc2Br)C2CC2)cc1. The van der Waals surface area contributed by atoms with Crippen LogP contribution in [-0.4, -0.2) is 0 Å². The average molecular weight is 365 g/mol. The van der Waals surface area contributed by atoms with Crippen molar-refractivity contribution in [2.45, 2.75) is 32.7 Å². The van der Waals surface area contributed by atoms with Gasteiger partial charge in [0.25, 0.3) is 0 Å². The Kier molecular flexibility index (Phi) is 4.28. The van der Waals surface area contributed by atoms with E-state index in [4.69, 9.17) is 11.6 Å². The Bertz CT molecular complexity index is 647. The second kappa shape index (κ2) is 6.02. The molecule has 0 heterocycles. The standard InChI is InChI=1S/C18H19BrClN/c1-11-3-5-13(6-4-11)18(14-7-8-14)21-17-10-16(20)12(2)9-15(17)19/h3-6,9-10,14,18,21H,7-8H2,1-2H3. The molecule has 2 aromatic carbocycles. The highest BCUT2D eigenvalue weighted by Crippen LogP contribution is 2.44. The normalized spacial score (nSPS) is 15.8. The van der Waals surface area contributed by atoms with Crippen LogP contribution in [0, 0.1) is 19.8 Å². The third kappa shape index (κ3) is 3.44. The van der Waals surface area contributed by atoms with Crippen LogP contribution in [0.25, 0.3) is 0 Å². The predicted molar refractivity (Wildman–Crippen MR) is 94.2 cm³/mol. The molecule has 0 saturated heterocycles. The summed E-state index contributed by atoms with van der Waals surface area (Å²) in [6.07, 6.45) is 2.59. The molecular weight excluding hydrogens is 346 g/mol. The third-order valence-corrected chi connectivity index (χ3v) is 5.15. The van der Waals surface area contributed by atoms with Crippen LogP contribution in [0.1, 0.15) is 35.6 Å². The Balaban J connectivity index is 1.89. The zero-order chi connectivity index (χ0) is 15.0. The number of hydrogen-bond acceptors (Lipinski definition) is 1. The number of benzene rings is 2. The van der Waals surface area contributed by atoms with Crippen molar-refractivity contribution in [3.05, 3.63) is 62.6 Å². The lowest BCUT2D eigenvalue weighted by atomic mass is 10.0. The van der Waals surface area contributed by atoms with E-state index in [0.717, 1.165) is 26.7 Å². The molecule has 21 heavy (non-hydrogen) atoms. The summed E-state index contributed by atoms with van der Waals surface area (Å²) < 4.78 is 1.07. The fourth-order valence-corrected chi connectivity index (χ4v) is 3.34. The summed E-state index contributed by atoms with van der Waals surface area (Å²) in [6.45, 7) is 4.15. The van der Waals surface area contributed by atoms with E-state index >= 15 is 0 Å². The highest BCUT2D eigenvalue weighted by molar-refractivity contribution is 9.10. The summed E-state index contributed by atoms with van der Waals surface area (Å²) in [7, 11) is 0. The Morgan fingerprint density at radius 3 is 2.43 bits per heavy atom. The summed E-state index contributed by atoms with van der Waals surface area (Å²) in [5, 5.41) is 4.49.